The molecule has 1 amide bonds. The van der Waals surface area contributed by atoms with E-state index in [1.807, 2.05) is 0 Å². The molecule has 1 aromatic heterocycles. The van der Waals surface area contributed by atoms with Gasteiger partial charge < -0.3 is 11.1 Å². The molecule has 1 heterocycles. The first-order valence-electron chi connectivity index (χ1n) is 6.92. The van der Waals surface area contributed by atoms with Crippen molar-refractivity contribution in [1.82, 2.24) is 15.1 Å². The third-order valence-electron chi connectivity index (χ3n) is 3.09. The minimum absolute atomic E-state index is 0.0124. The first-order valence-corrected chi connectivity index (χ1v) is 6.92. The summed E-state index contributed by atoms with van der Waals surface area (Å²) in [7, 11) is 0. The molecule has 5 nitrogen and oxygen atoms in total. The van der Waals surface area contributed by atoms with Crippen molar-refractivity contribution < 1.29 is 18.0 Å². The molecule has 3 N–H and O–H groups in total. The van der Waals surface area contributed by atoms with Gasteiger partial charge in [-0.05, 0) is 32.7 Å². The van der Waals surface area contributed by atoms with Crippen molar-refractivity contribution in [2.24, 2.45) is 5.73 Å². The second kappa shape index (κ2) is 8.02. The molecule has 0 aliphatic carbocycles. The molecule has 8 heteroatoms. The van der Waals surface area contributed by atoms with Gasteiger partial charge in [0, 0.05) is 25.2 Å². The molecular weight excluding hydrogens is 285 g/mol. The molecule has 0 aliphatic rings. The first kappa shape index (κ1) is 17.5. The molecule has 21 heavy (non-hydrogen) atoms. The highest BCUT2D eigenvalue weighted by atomic mass is 19.4. The quantitative estimate of drug-likeness (QED) is 0.722. The number of nitrogens with one attached hydrogen (secondary N) is 1. The molecule has 0 bridgehead atoms. The molecule has 0 aliphatic heterocycles. The molecule has 0 radical (unpaired) electrons. The molecular formula is C13H21F3N4O. The minimum Gasteiger partial charge on any atom is -0.352 e. The SMILES string of the molecule is Cc1c(C(=O)NCCCCC(F)(F)F)cnn1CCCN. The van der Waals surface area contributed by atoms with Crippen LogP contribution in [0.3, 0.4) is 0 Å². The molecule has 0 fully saturated rings. The Kier molecular flexibility index (Phi) is 6.67. The van der Waals surface area contributed by atoms with Crippen LogP contribution < -0.4 is 11.1 Å². The smallest absolute Gasteiger partial charge is 0.352 e. The molecule has 0 unspecified atom stereocenters. The number of hydrogen-bond donors (Lipinski definition) is 2. The molecule has 0 spiro atoms. The zero-order valence-corrected chi connectivity index (χ0v) is 12.0. The van der Waals surface area contributed by atoms with Crippen LogP contribution in [0.25, 0.3) is 0 Å². The number of amides is 1. The number of carbonyl (C=O) groups excluding carboxylic acids is 1. The average Bonchev–Trinajstić information content (AvgIpc) is 2.76. The second-order valence-corrected chi connectivity index (χ2v) is 4.84. The Balaban J connectivity index is 2.37. The highest BCUT2D eigenvalue weighted by molar-refractivity contribution is 5.94. The molecule has 120 valence electrons. The van der Waals surface area contributed by atoms with E-state index in [9.17, 15) is 18.0 Å². The van der Waals surface area contributed by atoms with E-state index in [0.29, 0.717) is 25.1 Å². The lowest BCUT2D eigenvalue weighted by Crippen LogP contribution is -2.25. The maximum atomic E-state index is 12.0. The predicted octanol–water partition coefficient (Wildman–Crippen LogP) is 2.00. The highest BCUT2D eigenvalue weighted by Gasteiger charge is 2.25. The molecule has 0 aromatic carbocycles. The van der Waals surface area contributed by atoms with E-state index in [2.05, 4.69) is 10.4 Å². The van der Waals surface area contributed by atoms with Crippen LogP contribution in [0.15, 0.2) is 6.20 Å². The third-order valence-corrected chi connectivity index (χ3v) is 3.09. The van der Waals surface area contributed by atoms with Crippen molar-refractivity contribution in [3.8, 4) is 0 Å². The van der Waals surface area contributed by atoms with Crippen LogP contribution in [-0.4, -0.2) is 35.0 Å². The molecule has 0 atom stereocenters. The summed E-state index contributed by atoms with van der Waals surface area (Å²) in [5.74, 6) is -0.307. The number of rotatable bonds is 8. The third kappa shape index (κ3) is 6.16. The van der Waals surface area contributed by atoms with Gasteiger partial charge in [-0.3, -0.25) is 9.48 Å². The summed E-state index contributed by atoms with van der Waals surface area (Å²) < 4.78 is 37.6. The van der Waals surface area contributed by atoms with Crippen molar-refractivity contribution in [3.05, 3.63) is 17.5 Å². The number of aromatic nitrogens is 2. The van der Waals surface area contributed by atoms with E-state index in [0.717, 1.165) is 12.1 Å². The molecule has 0 saturated heterocycles. The Labute approximate surface area is 121 Å². The lowest BCUT2D eigenvalue weighted by atomic mass is 10.2. The predicted molar refractivity (Wildman–Crippen MR) is 72.9 cm³/mol. The highest BCUT2D eigenvalue weighted by Crippen LogP contribution is 2.21. The van der Waals surface area contributed by atoms with Gasteiger partial charge >= 0.3 is 6.18 Å². The number of carbonyl (C=O) groups is 1. The largest absolute Gasteiger partial charge is 0.389 e. The molecule has 0 saturated carbocycles. The van der Waals surface area contributed by atoms with Crippen molar-refractivity contribution >= 4 is 5.91 Å². The zero-order chi connectivity index (χ0) is 15.9. The first-order chi connectivity index (χ1) is 9.85. The van der Waals surface area contributed by atoms with Crippen LogP contribution in [-0.2, 0) is 6.54 Å². The Bertz CT molecular complexity index is 457. The monoisotopic (exact) mass is 306 g/mol. The van der Waals surface area contributed by atoms with Gasteiger partial charge in [-0.15, -0.1) is 0 Å². The van der Waals surface area contributed by atoms with Crippen LogP contribution in [0.4, 0.5) is 13.2 Å². The van der Waals surface area contributed by atoms with E-state index in [1.54, 1.807) is 11.6 Å². The Morgan fingerprint density at radius 2 is 2.10 bits per heavy atom. The standard InChI is InChI=1S/C13H21F3N4O/c1-10-11(9-19-20(10)8-4-6-17)12(21)18-7-3-2-5-13(14,15)16/h9H,2-8,17H2,1H3,(H,18,21). The summed E-state index contributed by atoms with van der Waals surface area (Å²) in [4.78, 5) is 11.9. The number of alkyl halides is 3. The van der Waals surface area contributed by atoms with Crippen molar-refractivity contribution in [1.29, 1.82) is 0 Å². The maximum absolute atomic E-state index is 12.0. The summed E-state index contributed by atoms with van der Waals surface area (Å²) in [6.45, 7) is 3.19. The van der Waals surface area contributed by atoms with Crippen LogP contribution in [0.5, 0.6) is 0 Å². The summed E-state index contributed by atoms with van der Waals surface area (Å²) in [6.07, 6.45) is -2.41. The van der Waals surface area contributed by atoms with Crippen molar-refractivity contribution in [2.45, 2.75) is 45.3 Å². The topological polar surface area (TPSA) is 72.9 Å². The van der Waals surface area contributed by atoms with E-state index < -0.39 is 12.6 Å². The van der Waals surface area contributed by atoms with Gasteiger partial charge in [0.05, 0.1) is 11.8 Å². The molecule has 1 aromatic rings. The number of aryl methyl sites for hydroxylation is 1. The number of halogens is 3. The normalized spacial score (nSPS) is 11.7. The average molecular weight is 306 g/mol. The fourth-order valence-corrected chi connectivity index (χ4v) is 1.88. The van der Waals surface area contributed by atoms with E-state index in [1.165, 1.54) is 6.20 Å². The fraction of sp³-hybridized carbons (Fsp3) is 0.692. The van der Waals surface area contributed by atoms with Crippen LogP contribution in [0.1, 0.15) is 41.7 Å². The van der Waals surface area contributed by atoms with Gasteiger partial charge in [-0.2, -0.15) is 18.3 Å². The van der Waals surface area contributed by atoms with Crippen LogP contribution >= 0.6 is 0 Å². The maximum Gasteiger partial charge on any atom is 0.389 e. The number of hydrogen-bond acceptors (Lipinski definition) is 3. The van der Waals surface area contributed by atoms with E-state index in [-0.39, 0.29) is 18.9 Å². The Morgan fingerprint density at radius 1 is 1.38 bits per heavy atom. The van der Waals surface area contributed by atoms with E-state index >= 15 is 0 Å². The number of nitrogens with two attached hydrogens (primary N) is 1. The Morgan fingerprint density at radius 3 is 2.71 bits per heavy atom. The number of nitrogens with zero attached hydrogens (tertiary/aromatic N) is 2. The molecule has 1 rings (SSSR count). The van der Waals surface area contributed by atoms with Crippen molar-refractivity contribution in [2.75, 3.05) is 13.1 Å². The van der Waals surface area contributed by atoms with Crippen LogP contribution in [0, 0.1) is 6.92 Å². The summed E-state index contributed by atoms with van der Waals surface area (Å²) >= 11 is 0. The summed E-state index contributed by atoms with van der Waals surface area (Å²) in [5, 5.41) is 6.71. The Hall–Kier alpha value is -1.57. The minimum atomic E-state index is -4.13. The van der Waals surface area contributed by atoms with Gasteiger partial charge in [0.2, 0.25) is 0 Å². The van der Waals surface area contributed by atoms with Crippen LogP contribution in [0.2, 0.25) is 0 Å². The second-order valence-electron chi connectivity index (χ2n) is 4.84. The van der Waals surface area contributed by atoms with Gasteiger partial charge in [-0.25, -0.2) is 0 Å². The van der Waals surface area contributed by atoms with Gasteiger partial charge in [-0.1, -0.05) is 0 Å². The van der Waals surface area contributed by atoms with Gasteiger partial charge in [0.1, 0.15) is 0 Å². The van der Waals surface area contributed by atoms with Crippen molar-refractivity contribution in [3.63, 3.8) is 0 Å². The lowest BCUT2D eigenvalue weighted by molar-refractivity contribution is -0.135. The zero-order valence-electron chi connectivity index (χ0n) is 12.0. The summed E-state index contributed by atoms with van der Waals surface area (Å²) in [5.41, 5.74) is 6.60. The van der Waals surface area contributed by atoms with Gasteiger partial charge in [0.15, 0.2) is 0 Å². The number of unbranched alkanes of at least 4 members (excludes halogenated alkanes) is 1. The fourth-order valence-electron chi connectivity index (χ4n) is 1.88. The van der Waals surface area contributed by atoms with Gasteiger partial charge in [0.25, 0.3) is 5.91 Å². The van der Waals surface area contributed by atoms with E-state index in [4.69, 9.17) is 5.73 Å². The summed E-state index contributed by atoms with van der Waals surface area (Å²) in [6, 6.07) is 0. The lowest BCUT2D eigenvalue weighted by Gasteiger charge is -2.07.